The number of nitrogens with zero attached hydrogens (tertiary/aromatic N) is 2. The average molecular weight is 425 g/mol. The Morgan fingerprint density at radius 2 is 1.37 bits per heavy atom. The summed E-state index contributed by atoms with van der Waals surface area (Å²) in [7, 11) is 0. The van der Waals surface area contributed by atoms with Gasteiger partial charge in [-0.2, -0.15) is 5.26 Å². The largest absolute Gasteiger partial charge is 0.240 e. The van der Waals surface area contributed by atoms with Crippen molar-refractivity contribution in [2.75, 3.05) is 5.08 Å². The maximum atomic E-state index is 9.95. The van der Waals surface area contributed by atoms with Gasteiger partial charge in [-0.3, -0.25) is 0 Å². The summed E-state index contributed by atoms with van der Waals surface area (Å²) in [5.74, 6) is 0.944. The van der Waals surface area contributed by atoms with Crippen LogP contribution < -0.4 is 0 Å². The molecule has 0 amide bonds. The molecule has 0 spiro atoms. The lowest BCUT2D eigenvalue weighted by Crippen LogP contribution is -1.96. The fourth-order valence-corrected chi connectivity index (χ4v) is 5.17. The van der Waals surface area contributed by atoms with Gasteiger partial charge in [0.05, 0.1) is 11.3 Å². The average Bonchev–Trinajstić information content (AvgIpc) is 2.83. The van der Waals surface area contributed by atoms with E-state index in [1.807, 2.05) is 72.4 Å². The van der Waals surface area contributed by atoms with Gasteiger partial charge >= 0.3 is 0 Å². The number of aromatic nitrogens is 1. The van der Waals surface area contributed by atoms with Crippen molar-refractivity contribution in [3.63, 3.8) is 0 Å². The molecule has 0 bridgehead atoms. The lowest BCUT2D eigenvalue weighted by Gasteiger charge is -2.12. The summed E-state index contributed by atoms with van der Waals surface area (Å²) in [4.78, 5) is 4.87. The predicted molar refractivity (Wildman–Crippen MR) is 128 cm³/mol. The predicted octanol–water partition coefficient (Wildman–Crippen LogP) is 7.27. The Bertz CT molecular complexity index is 1140. The van der Waals surface area contributed by atoms with Crippen molar-refractivity contribution >= 4 is 23.5 Å². The van der Waals surface area contributed by atoms with Crippen LogP contribution in [0.1, 0.15) is 11.1 Å². The normalized spacial score (nSPS) is 10.5. The molecule has 4 rings (SSSR count). The third-order valence-corrected chi connectivity index (χ3v) is 6.89. The summed E-state index contributed by atoms with van der Waals surface area (Å²) >= 11 is 3.48. The quantitative estimate of drug-likeness (QED) is 0.178. The van der Waals surface area contributed by atoms with Gasteiger partial charge in [0.25, 0.3) is 0 Å². The fraction of sp³-hybridized carbons (Fsp3) is 0.0769. The van der Waals surface area contributed by atoms with Crippen molar-refractivity contribution in [2.45, 2.75) is 10.8 Å². The van der Waals surface area contributed by atoms with E-state index in [4.69, 9.17) is 4.98 Å². The summed E-state index contributed by atoms with van der Waals surface area (Å²) in [6.07, 6.45) is 0. The summed E-state index contributed by atoms with van der Waals surface area (Å²) in [5.41, 5.74) is 5.86. The number of hydrogen-bond acceptors (Lipinski definition) is 4. The van der Waals surface area contributed by atoms with E-state index < -0.39 is 0 Å². The lowest BCUT2D eigenvalue weighted by atomic mass is 9.99. The number of thioether (sulfide) groups is 2. The molecule has 0 saturated heterocycles. The van der Waals surface area contributed by atoms with E-state index in [0.717, 1.165) is 38.2 Å². The Morgan fingerprint density at radius 3 is 2.00 bits per heavy atom. The minimum Gasteiger partial charge on any atom is -0.240 e. The van der Waals surface area contributed by atoms with E-state index in [0.29, 0.717) is 5.56 Å². The molecule has 2 nitrogen and oxygen atoms in total. The van der Waals surface area contributed by atoms with E-state index in [2.05, 4.69) is 42.5 Å². The lowest BCUT2D eigenvalue weighted by molar-refractivity contribution is 1.12. The molecule has 0 N–H and O–H groups in total. The molecule has 0 saturated carbocycles. The van der Waals surface area contributed by atoms with Crippen LogP contribution in [0.15, 0.2) is 102 Å². The maximum Gasteiger partial charge on any atom is 0.116 e. The molecule has 0 unspecified atom stereocenters. The first-order valence-electron chi connectivity index (χ1n) is 9.65. The van der Waals surface area contributed by atoms with Crippen molar-refractivity contribution < 1.29 is 0 Å². The van der Waals surface area contributed by atoms with Gasteiger partial charge in [-0.1, -0.05) is 103 Å². The van der Waals surface area contributed by atoms with Gasteiger partial charge < -0.3 is 0 Å². The summed E-state index contributed by atoms with van der Waals surface area (Å²) < 4.78 is 0. The Hall–Kier alpha value is -3.00. The fourth-order valence-electron chi connectivity index (χ4n) is 3.17. The molecule has 4 heteroatoms. The molecular weight excluding hydrogens is 404 g/mol. The first-order valence-corrected chi connectivity index (χ1v) is 11.8. The molecule has 0 aliphatic heterocycles. The van der Waals surface area contributed by atoms with Gasteiger partial charge in [0.2, 0.25) is 0 Å². The van der Waals surface area contributed by atoms with Crippen LogP contribution in [-0.4, -0.2) is 10.1 Å². The highest BCUT2D eigenvalue weighted by atomic mass is 32.2. The molecule has 0 atom stereocenters. The van der Waals surface area contributed by atoms with Crippen molar-refractivity contribution in [3.8, 4) is 28.5 Å². The molecule has 0 aliphatic rings. The molecule has 1 heterocycles. The maximum absolute atomic E-state index is 9.95. The number of rotatable bonds is 7. The summed E-state index contributed by atoms with van der Waals surface area (Å²) in [6, 6.07) is 35.1. The molecule has 1 aromatic heterocycles. The Morgan fingerprint density at radius 1 is 0.767 bits per heavy atom. The van der Waals surface area contributed by atoms with Crippen LogP contribution in [0.2, 0.25) is 0 Å². The zero-order chi connectivity index (χ0) is 20.6. The van der Waals surface area contributed by atoms with E-state index in [1.165, 1.54) is 5.56 Å². The van der Waals surface area contributed by atoms with Crippen LogP contribution in [0.5, 0.6) is 0 Å². The zero-order valence-corrected chi connectivity index (χ0v) is 18.0. The van der Waals surface area contributed by atoms with E-state index in [1.54, 1.807) is 11.8 Å². The van der Waals surface area contributed by atoms with E-state index in [9.17, 15) is 5.26 Å². The highest BCUT2D eigenvalue weighted by Gasteiger charge is 2.15. The number of benzene rings is 3. The zero-order valence-electron chi connectivity index (χ0n) is 16.4. The second-order valence-electron chi connectivity index (χ2n) is 6.68. The van der Waals surface area contributed by atoms with Crippen LogP contribution in [0.3, 0.4) is 0 Å². The van der Waals surface area contributed by atoms with Crippen molar-refractivity contribution in [3.05, 3.63) is 108 Å². The third kappa shape index (κ3) is 4.94. The Labute approximate surface area is 186 Å². The van der Waals surface area contributed by atoms with Crippen molar-refractivity contribution in [1.82, 2.24) is 4.98 Å². The SMILES string of the molecule is N#Cc1c(-c2ccccc2)cc(-c2ccccc2)nc1SCSCc1ccccc1. The molecule has 0 radical (unpaired) electrons. The van der Waals surface area contributed by atoms with Gasteiger partial charge in [-0.05, 0) is 17.2 Å². The second kappa shape index (κ2) is 10.2. The third-order valence-electron chi connectivity index (χ3n) is 4.64. The standard InChI is InChI=1S/C26H20N2S2/c27-17-24-23(21-12-6-2-7-13-21)16-25(22-14-8-3-9-15-22)28-26(24)30-19-29-18-20-10-4-1-5-11-20/h1-16H,18-19H2. The molecule has 4 aromatic rings. The van der Waals surface area contributed by atoms with Gasteiger partial charge in [-0.25, -0.2) is 4.98 Å². The smallest absolute Gasteiger partial charge is 0.116 e. The molecular formula is C26H20N2S2. The number of hydrogen-bond donors (Lipinski definition) is 0. The molecule has 3 aromatic carbocycles. The van der Waals surface area contributed by atoms with Crippen molar-refractivity contribution in [2.24, 2.45) is 0 Å². The van der Waals surface area contributed by atoms with Crippen LogP contribution in [0, 0.1) is 11.3 Å². The van der Waals surface area contributed by atoms with E-state index >= 15 is 0 Å². The highest BCUT2D eigenvalue weighted by molar-refractivity contribution is 8.15. The van der Waals surface area contributed by atoms with Crippen LogP contribution in [0.4, 0.5) is 0 Å². The summed E-state index contributed by atoms with van der Waals surface area (Å²) in [6.45, 7) is 0. The van der Waals surface area contributed by atoms with Crippen LogP contribution in [-0.2, 0) is 5.75 Å². The number of pyridine rings is 1. The summed E-state index contributed by atoms with van der Waals surface area (Å²) in [5, 5.41) is 11.6. The molecule has 0 aliphatic carbocycles. The van der Waals surface area contributed by atoms with Gasteiger partial charge in [0.1, 0.15) is 11.1 Å². The van der Waals surface area contributed by atoms with Gasteiger partial charge in [0.15, 0.2) is 0 Å². The molecule has 30 heavy (non-hydrogen) atoms. The Kier molecular flexibility index (Phi) is 6.87. The molecule has 0 fully saturated rings. The van der Waals surface area contributed by atoms with Crippen LogP contribution >= 0.6 is 23.5 Å². The number of nitriles is 1. The highest BCUT2D eigenvalue weighted by Crippen LogP contribution is 2.35. The van der Waals surface area contributed by atoms with E-state index in [-0.39, 0.29) is 0 Å². The second-order valence-corrected chi connectivity index (χ2v) is 8.99. The minimum absolute atomic E-state index is 0.645. The minimum atomic E-state index is 0.645. The van der Waals surface area contributed by atoms with Crippen LogP contribution in [0.25, 0.3) is 22.4 Å². The first kappa shape index (κ1) is 20.3. The molecule has 146 valence electrons. The first-order chi connectivity index (χ1) is 14.8. The van der Waals surface area contributed by atoms with Gasteiger partial charge in [-0.15, -0.1) is 11.8 Å². The topological polar surface area (TPSA) is 36.7 Å². The monoisotopic (exact) mass is 424 g/mol. The Balaban J connectivity index is 1.65. The van der Waals surface area contributed by atoms with Crippen molar-refractivity contribution in [1.29, 1.82) is 5.26 Å². The van der Waals surface area contributed by atoms with Gasteiger partial charge in [0, 0.05) is 22.0 Å².